The van der Waals surface area contributed by atoms with E-state index in [9.17, 15) is 4.79 Å². The Morgan fingerprint density at radius 2 is 1.92 bits per heavy atom. The van der Waals surface area contributed by atoms with Gasteiger partial charge in [0.15, 0.2) is 5.78 Å². The molecule has 1 unspecified atom stereocenters. The Bertz CT molecular complexity index is 363. The van der Waals surface area contributed by atoms with E-state index < -0.39 is 0 Å². The smallest absolute Gasteiger partial charge is 0.163 e. The first-order chi connectivity index (χ1) is 6.36. The van der Waals surface area contributed by atoms with Crippen LogP contribution >= 0.6 is 0 Å². The van der Waals surface area contributed by atoms with E-state index in [-0.39, 0.29) is 0 Å². The molecule has 1 aromatic carbocycles. The number of carbonyl (C=O) groups excluding carboxylic acids is 1. The molecule has 1 saturated carbocycles. The number of hydrogen-bond acceptors (Lipinski definition) is 1. The SMILES string of the molecule is O=C1CC(C2CC2)c2ccccc21. The molecule has 2 aliphatic rings. The van der Waals surface area contributed by atoms with E-state index in [4.69, 9.17) is 0 Å². The van der Waals surface area contributed by atoms with Gasteiger partial charge in [-0.15, -0.1) is 0 Å². The minimum Gasteiger partial charge on any atom is -0.294 e. The fourth-order valence-corrected chi connectivity index (χ4v) is 2.41. The normalized spacial score (nSPS) is 26.2. The maximum Gasteiger partial charge on any atom is 0.163 e. The molecule has 0 spiro atoms. The predicted octanol–water partition coefficient (Wildman–Crippen LogP) is 2.77. The highest BCUT2D eigenvalue weighted by Crippen LogP contribution is 2.48. The third-order valence-electron chi connectivity index (χ3n) is 3.26. The van der Waals surface area contributed by atoms with E-state index in [2.05, 4.69) is 6.07 Å². The topological polar surface area (TPSA) is 17.1 Å². The molecule has 13 heavy (non-hydrogen) atoms. The Hall–Kier alpha value is -1.11. The molecule has 0 radical (unpaired) electrons. The summed E-state index contributed by atoms with van der Waals surface area (Å²) in [7, 11) is 0. The van der Waals surface area contributed by atoms with Crippen molar-refractivity contribution in [1.29, 1.82) is 0 Å². The van der Waals surface area contributed by atoms with Gasteiger partial charge in [0.25, 0.3) is 0 Å². The number of carbonyl (C=O) groups is 1. The number of fused-ring (bicyclic) bond motifs is 1. The summed E-state index contributed by atoms with van der Waals surface area (Å²) in [5, 5.41) is 0. The second-order valence-corrected chi connectivity index (χ2v) is 4.16. The van der Waals surface area contributed by atoms with Gasteiger partial charge in [-0.2, -0.15) is 0 Å². The lowest BCUT2D eigenvalue weighted by Crippen LogP contribution is -1.95. The average molecular weight is 172 g/mol. The molecule has 0 amide bonds. The van der Waals surface area contributed by atoms with Crippen molar-refractivity contribution in [2.24, 2.45) is 5.92 Å². The van der Waals surface area contributed by atoms with Crippen LogP contribution in [0.25, 0.3) is 0 Å². The molecule has 1 atom stereocenters. The Balaban J connectivity index is 2.08. The van der Waals surface area contributed by atoms with E-state index >= 15 is 0 Å². The molecule has 0 bridgehead atoms. The van der Waals surface area contributed by atoms with Gasteiger partial charge < -0.3 is 0 Å². The lowest BCUT2D eigenvalue weighted by molar-refractivity contribution is 0.0987. The van der Waals surface area contributed by atoms with Gasteiger partial charge in [-0.05, 0) is 30.2 Å². The molecular formula is C12H12O. The van der Waals surface area contributed by atoms with Gasteiger partial charge in [0.05, 0.1) is 0 Å². The average Bonchev–Trinajstić information content (AvgIpc) is 2.94. The van der Waals surface area contributed by atoms with Crippen LogP contribution in [0.4, 0.5) is 0 Å². The molecule has 1 nitrogen and oxygen atoms in total. The van der Waals surface area contributed by atoms with Crippen molar-refractivity contribution in [3.05, 3.63) is 35.4 Å². The van der Waals surface area contributed by atoms with E-state index in [1.807, 2.05) is 18.2 Å². The molecule has 0 aromatic heterocycles. The van der Waals surface area contributed by atoms with Crippen LogP contribution in [-0.2, 0) is 0 Å². The van der Waals surface area contributed by atoms with Gasteiger partial charge in [-0.25, -0.2) is 0 Å². The Morgan fingerprint density at radius 3 is 2.69 bits per heavy atom. The Morgan fingerprint density at radius 1 is 1.15 bits per heavy atom. The maximum absolute atomic E-state index is 11.6. The Kier molecular flexibility index (Phi) is 1.37. The van der Waals surface area contributed by atoms with Crippen molar-refractivity contribution in [2.45, 2.75) is 25.2 Å². The monoisotopic (exact) mass is 172 g/mol. The largest absolute Gasteiger partial charge is 0.294 e. The molecule has 0 saturated heterocycles. The number of benzene rings is 1. The maximum atomic E-state index is 11.6. The summed E-state index contributed by atoms with van der Waals surface area (Å²) >= 11 is 0. The minimum absolute atomic E-state index is 0.354. The zero-order chi connectivity index (χ0) is 8.84. The molecule has 2 aliphatic carbocycles. The van der Waals surface area contributed by atoms with E-state index in [1.54, 1.807) is 0 Å². The van der Waals surface area contributed by atoms with Crippen LogP contribution in [0.2, 0.25) is 0 Å². The third-order valence-corrected chi connectivity index (χ3v) is 3.26. The standard InChI is InChI=1S/C12H12O/c13-12-7-11(8-5-6-8)9-3-1-2-4-10(9)12/h1-4,8,11H,5-7H2. The lowest BCUT2D eigenvalue weighted by Gasteiger charge is -2.07. The second kappa shape index (κ2) is 2.44. The van der Waals surface area contributed by atoms with Gasteiger partial charge in [0.1, 0.15) is 0 Å². The molecule has 1 aromatic rings. The zero-order valence-corrected chi connectivity index (χ0v) is 7.49. The molecule has 3 rings (SSSR count). The van der Waals surface area contributed by atoms with Crippen molar-refractivity contribution >= 4 is 5.78 Å². The fourth-order valence-electron chi connectivity index (χ4n) is 2.41. The molecule has 1 heteroatoms. The molecular weight excluding hydrogens is 160 g/mol. The van der Waals surface area contributed by atoms with Gasteiger partial charge in [0, 0.05) is 12.0 Å². The molecule has 1 fully saturated rings. The van der Waals surface area contributed by atoms with Crippen molar-refractivity contribution in [1.82, 2.24) is 0 Å². The first-order valence-electron chi connectivity index (χ1n) is 4.98. The molecule has 0 heterocycles. The van der Waals surface area contributed by atoms with Gasteiger partial charge in [0.2, 0.25) is 0 Å². The molecule has 66 valence electrons. The first-order valence-corrected chi connectivity index (χ1v) is 4.98. The summed E-state index contributed by atoms with van der Waals surface area (Å²) in [6.45, 7) is 0. The van der Waals surface area contributed by atoms with Gasteiger partial charge in [-0.3, -0.25) is 4.79 Å². The third kappa shape index (κ3) is 1.03. The van der Waals surface area contributed by atoms with Crippen LogP contribution in [0.1, 0.15) is 41.1 Å². The minimum atomic E-state index is 0.354. The van der Waals surface area contributed by atoms with Gasteiger partial charge >= 0.3 is 0 Å². The van der Waals surface area contributed by atoms with Gasteiger partial charge in [-0.1, -0.05) is 24.3 Å². The Labute approximate surface area is 77.8 Å². The quantitative estimate of drug-likeness (QED) is 0.636. The van der Waals surface area contributed by atoms with E-state index in [0.717, 1.165) is 17.9 Å². The summed E-state index contributed by atoms with van der Waals surface area (Å²) in [6.07, 6.45) is 3.42. The summed E-state index contributed by atoms with van der Waals surface area (Å²) < 4.78 is 0. The summed E-state index contributed by atoms with van der Waals surface area (Å²) in [6, 6.07) is 8.11. The molecule has 0 N–H and O–H groups in total. The van der Waals surface area contributed by atoms with Crippen LogP contribution in [0, 0.1) is 5.92 Å². The zero-order valence-electron chi connectivity index (χ0n) is 7.49. The predicted molar refractivity (Wildman–Crippen MR) is 50.9 cm³/mol. The highest BCUT2D eigenvalue weighted by atomic mass is 16.1. The number of ketones is 1. The second-order valence-electron chi connectivity index (χ2n) is 4.16. The number of Topliss-reactive ketones (excluding diaryl/α,β-unsaturated/α-hetero) is 1. The van der Waals surface area contributed by atoms with Crippen molar-refractivity contribution < 1.29 is 4.79 Å². The lowest BCUT2D eigenvalue weighted by atomic mass is 9.97. The van der Waals surface area contributed by atoms with Crippen molar-refractivity contribution in [2.75, 3.05) is 0 Å². The summed E-state index contributed by atoms with van der Waals surface area (Å²) in [5.41, 5.74) is 2.30. The summed E-state index contributed by atoms with van der Waals surface area (Å²) in [5.74, 6) is 1.73. The highest BCUT2D eigenvalue weighted by molar-refractivity contribution is 6.01. The van der Waals surface area contributed by atoms with Crippen molar-refractivity contribution in [3.8, 4) is 0 Å². The van der Waals surface area contributed by atoms with Crippen LogP contribution in [0.3, 0.4) is 0 Å². The van der Waals surface area contributed by atoms with Crippen LogP contribution in [-0.4, -0.2) is 5.78 Å². The van der Waals surface area contributed by atoms with E-state index in [0.29, 0.717) is 11.7 Å². The number of hydrogen-bond donors (Lipinski definition) is 0. The van der Waals surface area contributed by atoms with E-state index in [1.165, 1.54) is 18.4 Å². The van der Waals surface area contributed by atoms with Crippen LogP contribution < -0.4 is 0 Å². The highest BCUT2D eigenvalue weighted by Gasteiger charge is 2.39. The fraction of sp³-hybridized carbons (Fsp3) is 0.417. The van der Waals surface area contributed by atoms with Crippen LogP contribution in [0.5, 0.6) is 0 Å². The number of rotatable bonds is 1. The van der Waals surface area contributed by atoms with Crippen molar-refractivity contribution in [3.63, 3.8) is 0 Å². The summed E-state index contributed by atoms with van der Waals surface area (Å²) in [4.78, 5) is 11.6. The molecule has 0 aliphatic heterocycles. The first kappa shape index (κ1) is 7.31. The van der Waals surface area contributed by atoms with Crippen LogP contribution in [0.15, 0.2) is 24.3 Å².